The van der Waals surface area contributed by atoms with Gasteiger partial charge < -0.3 is 20.8 Å². The Hall–Kier alpha value is -1.96. The summed E-state index contributed by atoms with van der Waals surface area (Å²) in [6.07, 6.45) is 14.0. The van der Waals surface area contributed by atoms with E-state index in [1.807, 2.05) is 0 Å². The van der Waals surface area contributed by atoms with Gasteiger partial charge in [-0.2, -0.15) is 0 Å². The zero-order chi connectivity index (χ0) is 25.8. The van der Waals surface area contributed by atoms with E-state index in [2.05, 4.69) is 17.6 Å². The highest BCUT2D eigenvalue weighted by Crippen LogP contribution is 2.15. The molecule has 8 nitrogen and oxygen atoms in total. The van der Waals surface area contributed by atoms with Crippen molar-refractivity contribution >= 4 is 23.6 Å². The summed E-state index contributed by atoms with van der Waals surface area (Å²) in [6, 6.07) is -1.16. The minimum atomic E-state index is -1.19. The van der Waals surface area contributed by atoms with Gasteiger partial charge in [-0.1, -0.05) is 84.0 Å². The van der Waals surface area contributed by atoms with Crippen LogP contribution in [0.1, 0.15) is 117 Å². The predicted octanol–water partition coefficient (Wildman–Crippen LogP) is 4.13. The molecule has 0 spiro atoms. The van der Waals surface area contributed by atoms with Crippen LogP contribution in [0.3, 0.4) is 0 Å². The van der Waals surface area contributed by atoms with E-state index >= 15 is 0 Å². The lowest BCUT2D eigenvalue weighted by Crippen LogP contribution is -2.48. The second-order valence-corrected chi connectivity index (χ2v) is 9.36. The van der Waals surface area contributed by atoms with Gasteiger partial charge in [-0.3, -0.25) is 19.2 Å². The molecule has 0 aliphatic rings. The Morgan fingerprint density at radius 2 is 1.24 bits per heavy atom. The van der Waals surface area contributed by atoms with Crippen molar-refractivity contribution in [2.45, 2.75) is 129 Å². The summed E-state index contributed by atoms with van der Waals surface area (Å²) in [4.78, 5) is 47.7. The first-order valence-electron chi connectivity index (χ1n) is 13.2. The molecule has 8 heteroatoms. The number of aliphatic carboxylic acids is 1. The van der Waals surface area contributed by atoms with E-state index in [9.17, 15) is 24.3 Å². The number of carbonyl (C=O) groups is 4. The van der Waals surface area contributed by atoms with Gasteiger partial charge in [0, 0.05) is 19.9 Å². The summed E-state index contributed by atoms with van der Waals surface area (Å²) >= 11 is 0. The topological polar surface area (TPSA) is 133 Å². The number of amides is 2. The fourth-order valence-corrected chi connectivity index (χ4v) is 4.06. The zero-order valence-electron chi connectivity index (χ0n) is 21.6. The lowest BCUT2D eigenvalue weighted by Gasteiger charge is -2.22. The predicted molar refractivity (Wildman–Crippen MR) is 133 cm³/mol. The van der Waals surface area contributed by atoms with Gasteiger partial charge in [0.05, 0.1) is 18.4 Å². The summed E-state index contributed by atoms with van der Waals surface area (Å²) in [6.45, 7) is 3.62. The SMILES string of the molecule is CCCCCCCCCCCCCCCC(=O)N[C@H](C(=O)C[C@@H](CC(=O)O)C(=O)NC)[C@@H](C)O. The van der Waals surface area contributed by atoms with Gasteiger partial charge in [0.15, 0.2) is 5.78 Å². The van der Waals surface area contributed by atoms with Crippen LogP contribution < -0.4 is 10.6 Å². The number of hydrogen-bond donors (Lipinski definition) is 4. The number of unbranched alkanes of at least 4 members (excludes halogenated alkanes) is 12. The van der Waals surface area contributed by atoms with Crippen LogP contribution in [0.4, 0.5) is 0 Å². The Morgan fingerprint density at radius 1 is 0.765 bits per heavy atom. The third-order valence-electron chi connectivity index (χ3n) is 6.14. The van der Waals surface area contributed by atoms with E-state index in [1.165, 1.54) is 71.8 Å². The first-order valence-corrected chi connectivity index (χ1v) is 13.2. The Balaban J connectivity index is 4.12. The number of nitrogens with one attached hydrogen (secondary N) is 2. The van der Waals surface area contributed by atoms with Gasteiger partial charge in [0.1, 0.15) is 6.04 Å². The highest BCUT2D eigenvalue weighted by atomic mass is 16.4. The number of ketones is 1. The van der Waals surface area contributed by atoms with Gasteiger partial charge in [-0.25, -0.2) is 0 Å². The Labute approximate surface area is 205 Å². The Kier molecular flexibility index (Phi) is 19.2. The monoisotopic (exact) mass is 484 g/mol. The molecule has 4 N–H and O–H groups in total. The summed E-state index contributed by atoms with van der Waals surface area (Å²) in [5.74, 6) is -3.67. The highest BCUT2D eigenvalue weighted by Gasteiger charge is 2.31. The fraction of sp³-hybridized carbons (Fsp3) is 0.846. The Bertz CT molecular complexity index is 594. The zero-order valence-corrected chi connectivity index (χ0v) is 21.6. The van der Waals surface area contributed by atoms with Crippen molar-refractivity contribution in [3.63, 3.8) is 0 Å². The molecule has 0 fully saturated rings. The molecule has 0 bridgehead atoms. The average Bonchev–Trinajstić information content (AvgIpc) is 2.78. The average molecular weight is 485 g/mol. The minimum absolute atomic E-state index is 0.266. The van der Waals surface area contributed by atoms with Crippen molar-refractivity contribution < 1.29 is 29.4 Å². The first-order chi connectivity index (χ1) is 16.2. The molecule has 0 aromatic carbocycles. The molecule has 0 radical (unpaired) electrons. The number of hydrogen-bond acceptors (Lipinski definition) is 5. The second-order valence-electron chi connectivity index (χ2n) is 9.36. The van der Waals surface area contributed by atoms with E-state index < -0.39 is 42.1 Å². The van der Waals surface area contributed by atoms with Gasteiger partial charge >= 0.3 is 5.97 Å². The lowest BCUT2D eigenvalue weighted by atomic mass is 9.93. The lowest BCUT2D eigenvalue weighted by molar-refractivity contribution is -0.142. The van der Waals surface area contributed by atoms with Crippen LogP contribution in [0.15, 0.2) is 0 Å². The number of aliphatic hydroxyl groups excluding tert-OH is 1. The van der Waals surface area contributed by atoms with E-state index in [0.717, 1.165) is 19.3 Å². The largest absolute Gasteiger partial charge is 0.481 e. The minimum Gasteiger partial charge on any atom is -0.481 e. The molecule has 0 aromatic heterocycles. The first kappa shape index (κ1) is 32.0. The van der Waals surface area contributed by atoms with E-state index in [0.29, 0.717) is 6.42 Å². The van der Waals surface area contributed by atoms with Crippen molar-refractivity contribution in [1.82, 2.24) is 10.6 Å². The van der Waals surface area contributed by atoms with Crippen molar-refractivity contribution in [2.24, 2.45) is 5.92 Å². The van der Waals surface area contributed by atoms with Crippen molar-refractivity contribution in [3.8, 4) is 0 Å². The maximum atomic E-state index is 12.6. The van der Waals surface area contributed by atoms with Gasteiger partial charge in [-0.15, -0.1) is 0 Å². The molecule has 0 aliphatic carbocycles. The molecule has 0 saturated heterocycles. The molecule has 0 rings (SSSR count). The number of carboxylic acid groups (broad SMARTS) is 1. The standard InChI is InChI=1S/C26H48N2O6/c1-4-5-6-7-8-9-10-11-12-13-14-15-16-17-23(31)28-25(20(2)29)22(30)18-21(19-24(32)33)26(34)27-3/h20-21,25,29H,4-19H2,1-3H3,(H,27,34)(H,28,31)(H,32,33)/t20-,21+,25+/m1/s1. The molecule has 0 unspecified atom stereocenters. The summed E-state index contributed by atoms with van der Waals surface area (Å²) < 4.78 is 0. The number of rotatable bonds is 22. The maximum Gasteiger partial charge on any atom is 0.304 e. The highest BCUT2D eigenvalue weighted by molar-refractivity contribution is 5.93. The normalized spacial score (nSPS) is 13.6. The van der Waals surface area contributed by atoms with Gasteiger partial charge in [-0.05, 0) is 13.3 Å². The van der Waals surface area contributed by atoms with Crippen molar-refractivity contribution in [3.05, 3.63) is 0 Å². The molecule has 3 atom stereocenters. The number of aliphatic hydroxyl groups is 1. The fourth-order valence-electron chi connectivity index (χ4n) is 4.06. The molecular weight excluding hydrogens is 436 g/mol. The summed E-state index contributed by atoms with van der Waals surface area (Å²) in [7, 11) is 1.37. The Morgan fingerprint density at radius 3 is 1.65 bits per heavy atom. The van der Waals surface area contributed by atoms with Crippen LogP contribution in [0, 0.1) is 5.92 Å². The van der Waals surface area contributed by atoms with Crippen LogP contribution in [-0.2, 0) is 19.2 Å². The molecule has 198 valence electrons. The number of Topliss-reactive ketones (excluding diaryl/α,β-unsaturated/α-hetero) is 1. The van der Waals surface area contributed by atoms with Crippen LogP contribution >= 0.6 is 0 Å². The van der Waals surface area contributed by atoms with Crippen molar-refractivity contribution in [1.29, 1.82) is 0 Å². The van der Waals surface area contributed by atoms with Crippen LogP contribution in [0.25, 0.3) is 0 Å². The molecule has 34 heavy (non-hydrogen) atoms. The third kappa shape index (κ3) is 16.6. The second kappa shape index (κ2) is 20.4. The maximum absolute atomic E-state index is 12.6. The summed E-state index contributed by atoms with van der Waals surface area (Å²) in [5.41, 5.74) is 0. The van der Waals surface area contributed by atoms with Gasteiger partial charge in [0.25, 0.3) is 0 Å². The molecule has 2 amide bonds. The third-order valence-corrected chi connectivity index (χ3v) is 6.14. The molecule has 0 heterocycles. The van der Waals surface area contributed by atoms with Crippen LogP contribution in [0.2, 0.25) is 0 Å². The van der Waals surface area contributed by atoms with Crippen LogP contribution in [0.5, 0.6) is 0 Å². The quantitative estimate of drug-likeness (QED) is 0.171. The van der Waals surface area contributed by atoms with E-state index in [1.54, 1.807) is 0 Å². The smallest absolute Gasteiger partial charge is 0.304 e. The summed E-state index contributed by atoms with van der Waals surface area (Å²) in [5, 5.41) is 23.8. The van der Waals surface area contributed by atoms with Crippen LogP contribution in [-0.4, -0.2) is 53.0 Å². The van der Waals surface area contributed by atoms with Crippen molar-refractivity contribution in [2.75, 3.05) is 7.05 Å². The van der Waals surface area contributed by atoms with E-state index in [-0.39, 0.29) is 18.7 Å². The van der Waals surface area contributed by atoms with E-state index in [4.69, 9.17) is 5.11 Å². The number of carbonyl (C=O) groups excluding carboxylic acids is 3. The molecule has 0 saturated carbocycles. The van der Waals surface area contributed by atoms with Gasteiger partial charge in [0.2, 0.25) is 11.8 Å². The molecule has 0 aliphatic heterocycles. The molecular formula is C26H48N2O6. The molecule has 0 aromatic rings. The number of carboxylic acids is 1.